The number of carbonyl (C=O) groups excluding carboxylic acids is 1. The van der Waals surface area contributed by atoms with Gasteiger partial charge in [0, 0.05) is 58.9 Å². The molecule has 0 saturated carbocycles. The van der Waals surface area contributed by atoms with Crippen molar-refractivity contribution in [3.05, 3.63) is 93.3 Å². The van der Waals surface area contributed by atoms with Crippen molar-refractivity contribution in [3.8, 4) is 22.8 Å². The van der Waals surface area contributed by atoms with E-state index < -0.39 is 5.97 Å². The molecule has 11 heteroatoms. The van der Waals surface area contributed by atoms with Crippen LogP contribution in [0.5, 0.6) is 11.6 Å². The molecule has 0 unspecified atom stereocenters. The molecule has 9 nitrogen and oxygen atoms in total. The molecule has 0 radical (unpaired) electrons. The maximum Gasteiger partial charge on any atom is 0.354 e. The molecule has 4 heterocycles. The van der Waals surface area contributed by atoms with Gasteiger partial charge < -0.3 is 18.8 Å². The lowest BCUT2D eigenvalue weighted by molar-refractivity contribution is 0.0587. The summed E-state index contributed by atoms with van der Waals surface area (Å²) >= 11 is 6.98. The van der Waals surface area contributed by atoms with E-state index in [4.69, 9.17) is 36.0 Å². The minimum atomic E-state index is -0.439. The third kappa shape index (κ3) is 5.40. The van der Waals surface area contributed by atoms with Gasteiger partial charge in [0.15, 0.2) is 0 Å². The van der Waals surface area contributed by atoms with Gasteiger partial charge in [-0.2, -0.15) is 5.10 Å². The number of halogens is 2. The van der Waals surface area contributed by atoms with E-state index in [1.807, 2.05) is 67.5 Å². The van der Waals surface area contributed by atoms with Gasteiger partial charge in [0.1, 0.15) is 29.6 Å². The summed E-state index contributed by atoms with van der Waals surface area (Å²) in [5, 5.41) is 12.4. The second kappa shape index (κ2) is 12.1. The summed E-state index contributed by atoms with van der Waals surface area (Å²) in [6, 6.07) is 14.6. The minimum absolute atomic E-state index is 0.200. The van der Waals surface area contributed by atoms with E-state index >= 15 is 0 Å². The average Bonchev–Trinajstić information content (AvgIpc) is 3.65. The lowest BCUT2D eigenvalue weighted by Gasteiger charge is -2.14. The Morgan fingerprint density at radius 2 is 1.81 bits per heavy atom. The third-order valence-electron chi connectivity index (χ3n) is 9.13. The second-order valence-corrected chi connectivity index (χ2v) is 12.4. The van der Waals surface area contributed by atoms with Crippen LogP contribution in [0.1, 0.15) is 45.1 Å². The Kier molecular flexibility index (Phi) is 7.91. The van der Waals surface area contributed by atoms with Gasteiger partial charge in [-0.25, -0.2) is 9.18 Å². The third-order valence-corrected chi connectivity index (χ3v) is 9.44. The molecule has 0 fully saturated rings. The number of ether oxygens (including phenoxy) is 3. The molecule has 0 saturated heterocycles. The minimum Gasteiger partial charge on any atom is -0.493 e. The van der Waals surface area contributed by atoms with Gasteiger partial charge in [-0.15, -0.1) is 5.10 Å². The summed E-state index contributed by atoms with van der Waals surface area (Å²) in [7, 11) is 5.17. The lowest BCUT2D eigenvalue weighted by Crippen LogP contribution is -2.13. The Balaban J connectivity index is 1.40. The molecule has 0 spiro atoms. The fourth-order valence-corrected chi connectivity index (χ4v) is 6.99. The zero-order valence-corrected chi connectivity index (χ0v) is 27.7. The van der Waals surface area contributed by atoms with Crippen molar-refractivity contribution < 1.29 is 23.4 Å². The van der Waals surface area contributed by atoms with Crippen molar-refractivity contribution in [3.63, 3.8) is 0 Å². The van der Waals surface area contributed by atoms with E-state index in [0.29, 0.717) is 48.3 Å². The van der Waals surface area contributed by atoms with Crippen LogP contribution in [0.15, 0.2) is 48.5 Å². The standard InChI is InChI=1S/C36H35ClFN5O4/c1-20-31-29-12-11-28(37)33(31)32-21(2)41(3)40-35(32)47-19-25-18-26(42(4)39-25)9-7-22-15-23-17-24(38)8-10-27(23)30(16-22)46-14-6-13-43(29)34(20)36(44)45-5/h8,10-12,15-18H,6-7,9,13-14,19H2,1-5H3. The molecule has 3 aromatic heterocycles. The maximum absolute atomic E-state index is 14.3. The first-order chi connectivity index (χ1) is 22.6. The second-order valence-electron chi connectivity index (χ2n) is 12.0. The molecule has 8 bridgehead atoms. The molecule has 0 aliphatic carbocycles. The Morgan fingerprint density at radius 3 is 2.62 bits per heavy atom. The number of carbonyl (C=O) groups is 1. The van der Waals surface area contributed by atoms with E-state index in [9.17, 15) is 9.18 Å². The average molecular weight is 656 g/mol. The largest absolute Gasteiger partial charge is 0.493 e. The van der Waals surface area contributed by atoms with Gasteiger partial charge >= 0.3 is 5.97 Å². The smallest absolute Gasteiger partial charge is 0.354 e. The molecule has 7 rings (SSSR count). The van der Waals surface area contributed by atoms with Crippen LogP contribution in [0.2, 0.25) is 5.02 Å². The predicted molar refractivity (Wildman–Crippen MR) is 179 cm³/mol. The van der Waals surface area contributed by atoms with Crippen LogP contribution in [-0.4, -0.2) is 43.8 Å². The molecule has 0 N–H and O–H groups in total. The summed E-state index contributed by atoms with van der Waals surface area (Å²) in [5.74, 6) is 0.388. The molecule has 47 heavy (non-hydrogen) atoms. The summed E-state index contributed by atoms with van der Waals surface area (Å²) in [5.41, 5.74) is 7.24. The number of methoxy groups -OCH3 is 1. The highest BCUT2D eigenvalue weighted by atomic mass is 35.5. The van der Waals surface area contributed by atoms with E-state index in [2.05, 4.69) is 0 Å². The zero-order chi connectivity index (χ0) is 33.0. The molecule has 0 atom stereocenters. The van der Waals surface area contributed by atoms with Crippen LogP contribution < -0.4 is 9.47 Å². The Labute approximate surface area is 276 Å². The number of hydrogen-bond donors (Lipinski definition) is 0. The van der Waals surface area contributed by atoms with Crippen LogP contribution in [0.25, 0.3) is 32.8 Å². The van der Waals surface area contributed by atoms with E-state index in [1.165, 1.54) is 19.2 Å². The highest BCUT2D eigenvalue weighted by Gasteiger charge is 2.28. The van der Waals surface area contributed by atoms with Crippen molar-refractivity contribution in [1.82, 2.24) is 24.1 Å². The van der Waals surface area contributed by atoms with E-state index in [0.717, 1.165) is 67.4 Å². The molecule has 0 amide bonds. The van der Waals surface area contributed by atoms with E-state index in [1.54, 1.807) is 10.7 Å². The monoisotopic (exact) mass is 655 g/mol. The fraction of sp³-hybridized carbons (Fsp3) is 0.306. The van der Waals surface area contributed by atoms with Gasteiger partial charge in [0.05, 0.1) is 19.3 Å². The van der Waals surface area contributed by atoms with Crippen LogP contribution in [0.3, 0.4) is 0 Å². The van der Waals surface area contributed by atoms with Crippen LogP contribution in [0.4, 0.5) is 4.39 Å². The number of hydrogen-bond acceptors (Lipinski definition) is 6. The highest BCUT2D eigenvalue weighted by Crippen LogP contribution is 2.44. The number of benzene rings is 3. The maximum atomic E-state index is 14.3. The van der Waals surface area contributed by atoms with Crippen LogP contribution >= 0.6 is 11.6 Å². The molecule has 6 aromatic rings. The summed E-state index contributed by atoms with van der Waals surface area (Å²) in [4.78, 5) is 13.3. The Bertz CT molecular complexity index is 2200. The zero-order valence-electron chi connectivity index (χ0n) is 27.0. The van der Waals surface area contributed by atoms with E-state index in [-0.39, 0.29) is 12.4 Å². The van der Waals surface area contributed by atoms with Crippen molar-refractivity contribution in [2.24, 2.45) is 14.1 Å². The quantitative estimate of drug-likeness (QED) is 0.173. The predicted octanol–water partition coefficient (Wildman–Crippen LogP) is 7.27. The molecule has 242 valence electrons. The molecule has 1 aliphatic rings. The van der Waals surface area contributed by atoms with Crippen molar-refractivity contribution in [2.45, 2.75) is 46.3 Å². The SMILES string of the molecule is COC(=O)c1c(C)c2c3c(Cl)ccc2n1CCCOc1cc(cc2cc(F)ccc12)CCc1cc(nn1C)COc1nn(C)c(C)c1-3. The first-order valence-corrected chi connectivity index (χ1v) is 16.0. The Hall–Kier alpha value is -4.83. The van der Waals surface area contributed by atoms with Crippen LogP contribution in [-0.2, 0) is 44.8 Å². The number of rotatable bonds is 1. The van der Waals surface area contributed by atoms with Gasteiger partial charge in [-0.3, -0.25) is 9.36 Å². The van der Waals surface area contributed by atoms with Gasteiger partial charge in [-0.1, -0.05) is 17.7 Å². The molecule has 3 aromatic carbocycles. The topological polar surface area (TPSA) is 85.3 Å². The van der Waals surface area contributed by atoms with Gasteiger partial charge in [-0.05, 0) is 92.1 Å². The highest BCUT2D eigenvalue weighted by molar-refractivity contribution is 6.35. The van der Waals surface area contributed by atoms with Crippen molar-refractivity contribution in [2.75, 3.05) is 13.7 Å². The normalized spacial score (nSPS) is 13.8. The molecular weight excluding hydrogens is 621 g/mol. The van der Waals surface area contributed by atoms with Gasteiger partial charge in [0.2, 0.25) is 5.88 Å². The van der Waals surface area contributed by atoms with Crippen molar-refractivity contribution in [1.29, 1.82) is 0 Å². The lowest BCUT2D eigenvalue weighted by atomic mass is 9.98. The summed E-state index contributed by atoms with van der Waals surface area (Å²) < 4.78 is 37.9. The summed E-state index contributed by atoms with van der Waals surface area (Å²) in [6.07, 6.45) is 2.03. The fourth-order valence-electron chi connectivity index (χ4n) is 6.74. The number of aryl methyl sites for hydroxylation is 6. The summed E-state index contributed by atoms with van der Waals surface area (Å²) in [6.45, 7) is 4.94. The number of fused-ring (bicyclic) bond motifs is 8. The first-order valence-electron chi connectivity index (χ1n) is 15.6. The Morgan fingerprint density at radius 1 is 0.979 bits per heavy atom. The van der Waals surface area contributed by atoms with Crippen LogP contribution in [0, 0.1) is 19.7 Å². The number of esters is 1. The molecule has 1 aliphatic heterocycles. The molecular formula is C36H35ClFN5O4. The first kappa shape index (κ1) is 30.8. The number of aromatic nitrogens is 5. The number of nitrogens with zero attached hydrogens (tertiary/aromatic N) is 5. The van der Waals surface area contributed by atoms with Crippen molar-refractivity contribution >= 4 is 39.2 Å². The van der Waals surface area contributed by atoms with Gasteiger partial charge in [0.25, 0.3) is 0 Å².